The van der Waals surface area contributed by atoms with E-state index in [1.807, 2.05) is 6.07 Å². The Balaban J connectivity index is 2.30. The van der Waals surface area contributed by atoms with Gasteiger partial charge in [0.05, 0.1) is 17.2 Å². The lowest BCUT2D eigenvalue weighted by Crippen LogP contribution is -2.27. The minimum absolute atomic E-state index is 0.264. The molecule has 19 heavy (non-hydrogen) atoms. The van der Waals surface area contributed by atoms with Crippen LogP contribution in [0.25, 0.3) is 0 Å². The molecular formula is C13H14BrNO3S. The first-order valence-electron chi connectivity index (χ1n) is 5.72. The van der Waals surface area contributed by atoms with E-state index in [-0.39, 0.29) is 4.90 Å². The summed E-state index contributed by atoms with van der Waals surface area (Å²) in [5.74, 6) is 0.580. The zero-order valence-corrected chi connectivity index (χ0v) is 13.0. The fraction of sp³-hybridized carbons (Fsp3) is 0.231. The minimum Gasteiger partial charge on any atom is -0.468 e. The van der Waals surface area contributed by atoms with Gasteiger partial charge in [0, 0.05) is 4.47 Å². The lowest BCUT2D eigenvalue weighted by Gasteiger charge is -2.14. The highest BCUT2D eigenvalue weighted by molar-refractivity contribution is 9.10. The molecule has 0 spiro atoms. The Labute approximate surface area is 121 Å². The fourth-order valence-electron chi connectivity index (χ4n) is 1.76. The highest BCUT2D eigenvalue weighted by atomic mass is 79.9. The van der Waals surface area contributed by atoms with Crippen LogP contribution in [0.3, 0.4) is 0 Å². The molecule has 0 fully saturated rings. The lowest BCUT2D eigenvalue weighted by atomic mass is 10.2. The fourth-order valence-corrected chi connectivity index (χ4v) is 3.75. The molecule has 0 radical (unpaired) electrons. The van der Waals surface area contributed by atoms with Crippen LogP contribution in [0, 0.1) is 6.92 Å². The zero-order valence-electron chi connectivity index (χ0n) is 10.6. The smallest absolute Gasteiger partial charge is 0.241 e. The van der Waals surface area contributed by atoms with E-state index in [9.17, 15) is 8.42 Å². The first-order valence-corrected chi connectivity index (χ1v) is 7.99. The molecule has 0 bridgehead atoms. The Hall–Kier alpha value is -1.11. The van der Waals surface area contributed by atoms with Crippen LogP contribution in [-0.4, -0.2) is 8.42 Å². The molecule has 0 aliphatic heterocycles. The molecule has 6 heteroatoms. The van der Waals surface area contributed by atoms with Crippen LogP contribution >= 0.6 is 15.9 Å². The molecule has 1 aromatic heterocycles. The van der Waals surface area contributed by atoms with Crippen LogP contribution in [-0.2, 0) is 10.0 Å². The Bertz CT molecular complexity index is 665. The van der Waals surface area contributed by atoms with Gasteiger partial charge in [-0.15, -0.1) is 0 Å². The number of benzene rings is 1. The minimum atomic E-state index is -3.58. The van der Waals surface area contributed by atoms with Crippen molar-refractivity contribution >= 4 is 26.0 Å². The van der Waals surface area contributed by atoms with Gasteiger partial charge in [0.1, 0.15) is 5.76 Å². The quantitative estimate of drug-likeness (QED) is 0.925. The van der Waals surface area contributed by atoms with Crippen molar-refractivity contribution in [3.05, 3.63) is 52.4 Å². The number of hydrogen-bond donors (Lipinski definition) is 1. The van der Waals surface area contributed by atoms with E-state index in [1.165, 1.54) is 6.26 Å². The molecule has 0 saturated carbocycles. The molecule has 1 N–H and O–H groups in total. The van der Waals surface area contributed by atoms with Gasteiger partial charge >= 0.3 is 0 Å². The molecule has 4 nitrogen and oxygen atoms in total. The summed E-state index contributed by atoms with van der Waals surface area (Å²) in [5, 5.41) is 0. The standard InChI is InChI=1S/C13H14BrNO3S/c1-9-5-6-11(14)8-13(9)19(16,17)15-10(2)12-4-3-7-18-12/h3-8,10,15H,1-2H3/t10-/m1/s1. The first kappa shape index (κ1) is 14.3. The molecular weight excluding hydrogens is 330 g/mol. The monoisotopic (exact) mass is 343 g/mol. The van der Waals surface area contributed by atoms with Crippen LogP contribution < -0.4 is 4.72 Å². The zero-order chi connectivity index (χ0) is 14.0. The van der Waals surface area contributed by atoms with Gasteiger partial charge in [0.25, 0.3) is 0 Å². The molecule has 1 atom stereocenters. The second-order valence-corrected chi connectivity index (χ2v) is 6.87. The van der Waals surface area contributed by atoms with Crippen LogP contribution in [0.2, 0.25) is 0 Å². The van der Waals surface area contributed by atoms with Gasteiger partial charge in [0.15, 0.2) is 0 Å². The molecule has 102 valence electrons. The number of nitrogens with one attached hydrogen (secondary N) is 1. The largest absolute Gasteiger partial charge is 0.468 e. The second kappa shape index (κ2) is 5.48. The molecule has 2 rings (SSSR count). The third kappa shape index (κ3) is 3.26. The van der Waals surface area contributed by atoms with E-state index >= 15 is 0 Å². The Morgan fingerprint density at radius 3 is 2.68 bits per heavy atom. The van der Waals surface area contributed by atoms with E-state index in [4.69, 9.17) is 4.42 Å². The predicted molar refractivity (Wildman–Crippen MR) is 76.3 cm³/mol. The number of aryl methyl sites for hydroxylation is 1. The maximum atomic E-state index is 12.3. The second-order valence-electron chi connectivity index (χ2n) is 4.27. The Morgan fingerprint density at radius 1 is 1.32 bits per heavy atom. The van der Waals surface area contributed by atoms with Gasteiger partial charge in [-0.1, -0.05) is 22.0 Å². The van der Waals surface area contributed by atoms with Gasteiger partial charge in [-0.05, 0) is 43.7 Å². The van der Waals surface area contributed by atoms with Gasteiger partial charge in [-0.3, -0.25) is 0 Å². The summed E-state index contributed by atoms with van der Waals surface area (Å²) in [6, 6.07) is 8.21. The highest BCUT2D eigenvalue weighted by Crippen LogP contribution is 2.23. The molecule has 2 aromatic rings. The van der Waals surface area contributed by atoms with Gasteiger partial charge < -0.3 is 4.42 Å². The summed E-state index contributed by atoms with van der Waals surface area (Å²) in [6.07, 6.45) is 1.52. The van der Waals surface area contributed by atoms with E-state index in [0.29, 0.717) is 11.3 Å². The molecule has 0 amide bonds. The van der Waals surface area contributed by atoms with Crippen molar-refractivity contribution in [2.24, 2.45) is 0 Å². The summed E-state index contributed by atoms with van der Waals surface area (Å²) < 4.78 is 33.2. The predicted octanol–water partition coefficient (Wildman–Crippen LogP) is 3.39. The molecule has 1 heterocycles. The van der Waals surface area contributed by atoms with Crippen LogP contribution in [0.4, 0.5) is 0 Å². The average Bonchev–Trinajstić information content (AvgIpc) is 2.85. The summed E-state index contributed by atoms with van der Waals surface area (Å²) in [5.41, 5.74) is 0.697. The van der Waals surface area contributed by atoms with E-state index in [2.05, 4.69) is 20.7 Å². The number of sulfonamides is 1. The van der Waals surface area contributed by atoms with Crippen molar-refractivity contribution < 1.29 is 12.8 Å². The maximum Gasteiger partial charge on any atom is 0.241 e. The molecule has 0 aliphatic rings. The number of furan rings is 1. The van der Waals surface area contributed by atoms with Crippen molar-refractivity contribution in [2.45, 2.75) is 24.8 Å². The number of hydrogen-bond acceptors (Lipinski definition) is 3. The number of rotatable bonds is 4. The highest BCUT2D eigenvalue weighted by Gasteiger charge is 2.21. The van der Waals surface area contributed by atoms with Crippen molar-refractivity contribution in [1.82, 2.24) is 4.72 Å². The third-order valence-electron chi connectivity index (χ3n) is 2.74. The normalized spacial score (nSPS) is 13.4. The van der Waals surface area contributed by atoms with Crippen molar-refractivity contribution in [3.8, 4) is 0 Å². The third-order valence-corrected chi connectivity index (χ3v) is 4.92. The van der Waals surface area contributed by atoms with Crippen molar-refractivity contribution in [1.29, 1.82) is 0 Å². The molecule has 0 saturated heterocycles. The van der Waals surface area contributed by atoms with Crippen molar-refractivity contribution in [2.75, 3.05) is 0 Å². The first-order chi connectivity index (χ1) is 8.90. The summed E-state index contributed by atoms with van der Waals surface area (Å²) >= 11 is 3.28. The van der Waals surface area contributed by atoms with E-state index < -0.39 is 16.1 Å². The summed E-state index contributed by atoms with van der Waals surface area (Å²) in [4.78, 5) is 0.264. The summed E-state index contributed by atoms with van der Waals surface area (Å²) in [6.45, 7) is 3.50. The Kier molecular flexibility index (Phi) is 4.13. The van der Waals surface area contributed by atoms with Gasteiger partial charge in [0.2, 0.25) is 10.0 Å². The van der Waals surface area contributed by atoms with E-state index in [1.54, 1.807) is 38.1 Å². The van der Waals surface area contributed by atoms with Crippen LogP contribution in [0.1, 0.15) is 24.3 Å². The maximum absolute atomic E-state index is 12.3. The van der Waals surface area contributed by atoms with Crippen molar-refractivity contribution in [3.63, 3.8) is 0 Å². The molecule has 0 aliphatic carbocycles. The van der Waals surface area contributed by atoms with Crippen LogP contribution in [0.5, 0.6) is 0 Å². The van der Waals surface area contributed by atoms with Crippen LogP contribution in [0.15, 0.2) is 50.4 Å². The molecule has 0 unspecified atom stereocenters. The number of halogens is 1. The van der Waals surface area contributed by atoms with Gasteiger partial charge in [-0.2, -0.15) is 0 Å². The van der Waals surface area contributed by atoms with E-state index in [0.717, 1.165) is 4.47 Å². The molecule has 1 aromatic carbocycles. The SMILES string of the molecule is Cc1ccc(Br)cc1S(=O)(=O)N[C@H](C)c1ccco1. The Morgan fingerprint density at radius 2 is 2.05 bits per heavy atom. The lowest BCUT2D eigenvalue weighted by molar-refractivity contribution is 0.459. The van der Waals surface area contributed by atoms with Gasteiger partial charge in [-0.25, -0.2) is 13.1 Å². The summed E-state index contributed by atoms with van der Waals surface area (Å²) in [7, 11) is -3.58. The average molecular weight is 344 g/mol. The topological polar surface area (TPSA) is 59.3 Å².